The Morgan fingerprint density at radius 1 is 1.44 bits per heavy atom. The van der Waals surface area contributed by atoms with Gasteiger partial charge in [-0.3, -0.25) is 0 Å². The molecule has 0 aliphatic carbocycles. The first kappa shape index (κ1) is 13.1. The van der Waals surface area contributed by atoms with E-state index in [1.54, 1.807) is 0 Å². The number of rotatable bonds is 3. The topological polar surface area (TPSA) is 99.1 Å². The predicted octanol–water partition coefficient (Wildman–Crippen LogP) is 0.660. The van der Waals surface area contributed by atoms with Gasteiger partial charge in [-0.25, -0.2) is 8.42 Å². The fourth-order valence-corrected chi connectivity index (χ4v) is 1.64. The average Bonchev–Trinajstić information content (AvgIpc) is 2.46. The predicted molar refractivity (Wildman–Crippen MR) is 59.2 cm³/mol. The van der Waals surface area contributed by atoms with Crippen LogP contribution in [-0.2, 0) is 15.6 Å². The van der Waals surface area contributed by atoms with Crippen molar-refractivity contribution in [1.82, 2.24) is 10.1 Å². The van der Waals surface area contributed by atoms with Crippen LogP contribution in [0.5, 0.6) is 0 Å². The highest BCUT2D eigenvalue weighted by molar-refractivity contribution is 7.89. The molecule has 92 valence electrons. The summed E-state index contributed by atoms with van der Waals surface area (Å²) in [6.45, 7) is 5.83. The molecule has 0 fully saturated rings. The first-order chi connectivity index (χ1) is 7.09. The zero-order valence-electron chi connectivity index (χ0n) is 9.89. The molecule has 6 nitrogen and oxygen atoms in total. The van der Waals surface area contributed by atoms with Crippen LogP contribution in [0.1, 0.15) is 38.5 Å². The van der Waals surface area contributed by atoms with E-state index in [-0.39, 0.29) is 22.9 Å². The molecule has 0 aromatic carbocycles. The van der Waals surface area contributed by atoms with Gasteiger partial charge in [0.2, 0.25) is 5.89 Å². The second-order valence-corrected chi connectivity index (χ2v) is 7.10. The summed E-state index contributed by atoms with van der Waals surface area (Å²) in [6.07, 6.45) is 1.12. The Bertz CT molecular complexity index is 459. The van der Waals surface area contributed by atoms with E-state index in [1.165, 1.54) is 0 Å². The number of nitrogens with zero attached hydrogens (tertiary/aromatic N) is 2. The van der Waals surface area contributed by atoms with Gasteiger partial charge in [0.15, 0.2) is 15.7 Å². The standard InChI is InChI=1S/C9H17N3O3S/c1-9(2,3)7(10)8-11-6(12-15-8)5-16(4,13)14/h7H,5,10H2,1-4H3/t7-/m1/s1. The summed E-state index contributed by atoms with van der Waals surface area (Å²) in [6, 6.07) is -0.409. The van der Waals surface area contributed by atoms with Crippen LogP contribution in [0, 0.1) is 5.41 Å². The molecule has 0 aliphatic rings. The molecular formula is C9H17N3O3S. The van der Waals surface area contributed by atoms with Gasteiger partial charge in [0.05, 0.1) is 6.04 Å². The minimum Gasteiger partial charge on any atom is -0.338 e. The molecule has 1 rings (SSSR count). The number of aromatic nitrogens is 2. The lowest BCUT2D eigenvalue weighted by atomic mass is 9.87. The fourth-order valence-electron chi connectivity index (χ4n) is 1.06. The zero-order valence-corrected chi connectivity index (χ0v) is 10.7. The summed E-state index contributed by atoms with van der Waals surface area (Å²) >= 11 is 0. The maximum absolute atomic E-state index is 11.0. The van der Waals surface area contributed by atoms with Crippen LogP contribution in [0.3, 0.4) is 0 Å². The van der Waals surface area contributed by atoms with Crippen LogP contribution in [0.25, 0.3) is 0 Å². The summed E-state index contributed by atoms with van der Waals surface area (Å²) in [5.74, 6) is 0.191. The summed E-state index contributed by atoms with van der Waals surface area (Å²) in [7, 11) is -3.15. The second-order valence-electron chi connectivity index (χ2n) is 4.96. The Balaban J connectivity index is 2.88. The lowest BCUT2D eigenvalue weighted by Gasteiger charge is -2.23. The average molecular weight is 247 g/mol. The van der Waals surface area contributed by atoms with Crippen LogP contribution in [0.15, 0.2) is 4.52 Å². The van der Waals surface area contributed by atoms with E-state index in [1.807, 2.05) is 20.8 Å². The fraction of sp³-hybridized carbons (Fsp3) is 0.778. The van der Waals surface area contributed by atoms with Gasteiger partial charge in [-0.15, -0.1) is 0 Å². The molecule has 7 heteroatoms. The van der Waals surface area contributed by atoms with Crippen molar-refractivity contribution in [3.63, 3.8) is 0 Å². The summed E-state index contributed by atoms with van der Waals surface area (Å²) < 4.78 is 27.0. The minimum atomic E-state index is -3.15. The highest BCUT2D eigenvalue weighted by Gasteiger charge is 2.27. The van der Waals surface area contributed by atoms with Crippen LogP contribution in [0.2, 0.25) is 0 Å². The van der Waals surface area contributed by atoms with Crippen molar-refractivity contribution in [2.24, 2.45) is 11.1 Å². The number of hydrogen-bond donors (Lipinski definition) is 1. The third kappa shape index (κ3) is 3.57. The molecule has 0 spiro atoms. The number of sulfone groups is 1. The van der Waals surface area contributed by atoms with Crippen LogP contribution >= 0.6 is 0 Å². The summed E-state index contributed by atoms with van der Waals surface area (Å²) in [4.78, 5) is 3.98. The third-order valence-electron chi connectivity index (χ3n) is 2.07. The monoisotopic (exact) mass is 247 g/mol. The van der Waals surface area contributed by atoms with E-state index < -0.39 is 15.9 Å². The lowest BCUT2D eigenvalue weighted by Crippen LogP contribution is -2.26. The van der Waals surface area contributed by atoms with Crippen LogP contribution in [0.4, 0.5) is 0 Å². The quantitative estimate of drug-likeness (QED) is 0.842. The van der Waals surface area contributed by atoms with Crippen LogP contribution in [-0.4, -0.2) is 24.8 Å². The van der Waals surface area contributed by atoms with Crippen molar-refractivity contribution >= 4 is 9.84 Å². The summed E-state index contributed by atoms with van der Waals surface area (Å²) in [5.41, 5.74) is 5.69. The molecule has 1 aromatic rings. The molecule has 0 bridgehead atoms. The van der Waals surface area contributed by atoms with Crippen molar-refractivity contribution in [2.75, 3.05) is 6.26 Å². The molecule has 0 radical (unpaired) electrons. The molecule has 1 atom stereocenters. The van der Waals surface area contributed by atoms with E-state index in [0.29, 0.717) is 0 Å². The molecule has 0 amide bonds. The Hall–Kier alpha value is -0.950. The van der Waals surface area contributed by atoms with Crippen molar-refractivity contribution in [1.29, 1.82) is 0 Å². The van der Waals surface area contributed by atoms with E-state index >= 15 is 0 Å². The minimum absolute atomic E-state index is 0.150. The van der Waals surface area contributed by atoms with Gasteiger partial charge in [-0.05, 0) is 5.41 Å². The van der Waals surface area contributed by atoms with Gasteiger partial charge >= 0.3 is 0 Å². The number of nitrogens with two attached hydrogens (primary N) is 1. The Morgan fingerprint density at radius 2 is 2.00 bits per heavy atom. The van der Waals surface area contributed by atoms with Crippen molar-refractivity contribution < 1.29 is 12.9 Å². The van der Waals surface area contributed by atoms with Crippen molar-refractivity contribution in [2.45, 2.75) is 32.6 Å². The zero-order chi connectivity index (χ0) is 12.6. The van der Waals surface area contributed by atoms with E-state index in [4.69, 9.17) is 10.3 Å². The Labute approximate surface area is 95.1 Å². The van der Waals surface area contributed by atoms with E-state index in [0.717, 1.165) is 6.26 Å². The maximum atomic E-state index is 11.0. The molecule has 0 unspecified atom stereocenters. The van der Waals surface area contributed by atoms with Gasteiger partial charge < -0.3 is 10.3 Å². The van der Waals surface area contributed by atoms with E-state index in [2.05, 4.69) is 10.1 Å². The smallest absolute Gasteiger partial charge is 0.244 e. The molecule has 1 heterocycles. The van der Waals surface area contributed by atoms with Gasteiger partial charge in [0.25, 0.3) is 0 Å². The molecule has 0 aliphatic heterocycles. The normalized spacial score (nSPS) is 15.1. The first-order valence-corrected chi connectivity index (χ1v) is 6.91. The summed E-state index contributed by atoms with van der Waals surface area (Å²) in [5, 5.41) is 3.59. The molecule has 2 N–H and O–H groups in total. The van der Waals surface area contributed by atoms with Gasteiger partial charge in [-0.2, -0.15) is 4.98 Å². The van der Waals surface area contributed by atoms with Crippen LogP contribution < -0.4 is 5.73 Å². The highest BCUT2D eigenvalue weighted by Crippen LogP contribution is 2.29. The van der Waals surface area contributed by atoms with Gasteiger partial charge in [0, 0.05) is 6.26 Å². The molecule has 16 heavy (non-hydrogen) atoms. The highest BCUT2D eigenvalue weighted by atomic mass is 32.2. The SMILES string of the molecule is CC(C)(C)[C@H](N)c1nc(CS(C)(=O)=O)no1. The first-order valence-electron chi connectivity index (χ1n) is 4.85. The molecular weight excluding hydrogens is 230 g/mol. The molecule has 0 saturated heterocycles. The molecule has 0 saturated carbocycles. The van der Waals surface area contributed by atoms with Gasteiger partial charge in [-0.1, -0.05) is 25.9 Å². The van der Waals surface area contributed by atoms with Crippen molar-refractivity contribution in [3.05, 3.63) is 11.7 Å². The third-order valence-corrected chi connectivity index (χ3v) is 2.86. The number of hydrogen-bond acceptors (Lipinski definition) is 6. The Morgan fingerprint density at radius 3 is 2.44 bits per heavy atom. The van der Waals surface area contributed by atoms with Crippen molar-refractivity contribution in [3.8, 4) is 0 Å². The van der Waals surface area contributed by atoms with Gasteiger partial charge in [0.1, 0.15) is 5.75 Å². The lowest BCUT2D eigenvalue weighted by molar-refractivity contribution is 0.252. The Kier molecular flexibility index (Phi) is 3.39. The molecule has 1 aromatic heterocycles. The second kappa shape index (κ2) is 4.14. The van der Waals surface area contributed by atoms with E-state index in [9.17, 15) is 8.42 Å². The maximum Gasteiger partial charge on any atom is 0.244 e. The largest absolute Gasteiger partial charge is 0.338 e.